The highest BCUT2D eigenvalue weighted by Gasteiger charge is 2.44. The molecule has 1 aromatic carbocycles. The number of amides is 1. The van der Waals surface area contributed by atoms with Crippen molar-refractivity contribution in [1.29, 1.82) is 0 Å². The number of hydrazine groups is 1. The molecule has 0 radical (unpaired) electrons. The highest BCUT2D eigenvalue weighted by atomic mass is 32.1. The molecule has 3 N–H and O–H groups in total. The Morgan fingerprint density at radius 1 is 1.26 bits per heavy atom. The lowest BCUT2D eigenvalue weighted by Gasteiger charge is -2.37. The molecular formula is C25H32N6O2S. The number of amidine groups is 1. The summed E-state index contributed by atoms with van der Waals surface area (Å²) in [5, 5.41) is 11.8. The van der Waals surface area contributed by atoms with E-state index in [-0.39, 0.29) is 24.2 Å². The molecule has 1 fully saturated rings. The van der Waals surface area contributed by atoms with Crippen LogP contribution in [0.4, 0.5) is 0 Å². The van der Waals surface area contributed by atoms with Crippen LogP contribution in [0.2, 0.25) is 0 Å². The maximum absolute atomic E-state index is 12.3. The van der Waals surface area contributed by atoms with Gasteiger partial charge >= 0.3 is 0 Å². The lowest BCUT2D eigenvalue weighted by Crippen LogP contribution is -2.54. The standard InChI is InChI=1S/C25H32N6O2S/c1-2-3-14-33-19-8-6-18(7-9-19)21-16-22-25-28-27-23(30(25)12-13-31(22)29-21)10-11-24(32)26-17-20-5-4-15-34-20/h4-9,12-13,15,21-22,25,28-29H,2-3,10-11,14,16-17H2,1H3,(H,26,32). The first-order valence-electron chi connectivity index (χ1n) is 12.1. The van der Waals surface area contributed by atoms with Crippen molar-refractivity contribution in [2.24, 2.45) is 5.10 Å². The average molecular weight is 481 g/mol. The van der Waals surface area contributed by atoms with Crippen molar-refractivity contribution in [2.45, 2.75) is 63.8 Å². The van der Waals surface area contributed by atoms with E-state index >= 15 is 0 Å². The second-order valence-corrected chi connectivity index (χ2v) is 9.86. The SMILES string of the molecule is CCCCOc1ccc(C2CC3C4NN=C(CCC(=O)NCc5cccs5)N4C=CN3N2)cc1. The average Bonchev–Trinajstić information content (AvgIpc) is 3.61. The van der Waals surface area contributed by atoms with E-state index in [1.807, 2.05) is 23.7 Å². The Bertz CT molecular complexity index is 1020. The minimum Gasteiger partial charge on any atom is -0.494 e. The fourth-order valence-corrected chi connectivity index (χ4v) is 5.22. The third-order valence-corrected chi connectivity index (χ3v) is 7.36. The van der Waals surface area contributed by atoms with Crippen molar-refractivity contribution in [3.8, 4) is 5.75 Å². The van der Waals surface area contributed by atoms with Crippen LogP contribution in [0.3, 0.4) is 0 Å². The highest BCUT2D eigenvalue weighted by Crippen LogP contribution is 2.34. The Morgan fingerprint density at radius 2 is 2.15 bits per heavy atom. The third-order valence-electron chi connectivity index (χ3n) is 6.48. The molecule has 1 aromatic heterocycles. The minimum absolute atomic E-state index is 0.0480. The van der Waals surface area contributed by atoms with Gasteiger partial charge in [-0.05, 0) is 42.0 Å². The first-order chi connectivity index (χ1) is 16.7. The predicted octanol–water partition coefficient (Wildman–Crippen LogP) is 3.67. The second-order valence-electron chi connectivity index (χ2n) is 8.83. The van der Waals surface area contributed by atoms with Gasteiger partial charge < -0.3 is 20.0 Å². The Kier molecular flexibility index (Phi) is 7.01. The van der Waals surface area contributed by atoms with Crippen LogP contribution in [0.15, 0.2) is 59.3 Å². The predicted molar refractivity (Wildman–Crippen MR) is 134 cm³/mol. The molecule has 2 aromatic rings. The molecule has 4 heterocycles. The molecule has 0 spiro atoms. The number of hydrogen-bond donors (Lipinski definition) is 3. The summed E-state index contributed by atoms with van der Waals surface area (Å²) in [6.07, 6.45) is 8.37. The van der Waals surface area contributed by atoms with Crippen molar-refractivity contribution < 1.29 is 9.53 Å². The number of unbranched alkanes of at least 4 members (excludes halogenated alkanes) is 1. The highest BCUT2D eigenvalue weighted by molar-refractivity contribution is 7.09. The lowest BCUT2D eigenvalue weighted by atomic mass is 9.99. The summed E-state index contributed by atoms with van der Waals surface area (Å²) in [5.74, 6) is 1.88. The van der Waals surface area contributed by atoms with E-state index in [4.69, 9.17) is 4.74 Å². The van der Waals surface area contributed by atoms with Gasteiger partial charge in [0.1, 0.15) is 17.8 Å². The van der Waals surface area contributed by atoms with E-state index in [0.29, 0.717) is 19.4 Å². The molecule has 1 saturated heterocycles. The van der Waals surface area contributed by atoms with Gasteiger partial charge in [0.15, 0.2) is 0 Å². The van der Waals surface area contributed by atoms with Crippen LogP contribution in [0.1, 0.15) is 55.5 Å². The van der Waals surface area contributed by atoms with Crippen LogP contribution in [-0.2, 0) is 11.3 Å². The quantitative estimate of drug-likeness (QED) is 0.450. The Morgan fingerprint density at radius 3 is 2.94 bits per heavy atom. The van der Waals surface area contributed by atoms with E-state index in [1.165, 1.54) is 5.56 Å². The Labute approximate surface area is 204 Å². The Balaban J connectivity index is 1.12. The lowest BCUT2D eigenvalue weighted by molar-refractivity contribution is -0.121. The smallest absolute Gasteiger partial charge is 0.220 e. The van der Waals surface area contributed by atoms with Crippen LogP contribution in [0, 0.1) is 0 Å². The second kappa shape index (κ2) is 10.5. The van der Waals surface area contributed by atoms with E-state index in [1.54, 1.807) is 11.3 Å². The molecule has 3 unspecified atom stereocenters. The van der Waals surface area contributed by atoms with E-state index in [0.717, 1.165) is 42.3 Å². The van der Waals surface area contributed by atoms with Crippen LogP contribution >= 0.6 is 11.3 Å². The summed E-state index contributed by atoms with van der Waals surface area (Å²) in [5.41, 5.74) is 8.16. The van der Waals surface area contributed by atoms with Crippen molar-refractivity contribution >= 4 is 23.1 Å². The van der Waals surface area contributed by atoms with Gasteiger partial charge in [-0.3, -0.25) is 10.2 Å². The van der Waals surface area contributed by atoms with Crippen LogP contribution < -0.4 is 20.9 Å². The maximum Gasteiger partial charge on any atom is 0.220 e. The van der Waals surface area contributed by atoms with Crippen molar-refractivity contribution in [1.82, 2.24) is 26.1 Å². The molecule has 9 heteroatoms. The van der Waals surface area contributed by atoms with Gasteiger partial charge in [0.2, 0.25) is 5.91 Å². The summed E-state index contributed by atoms with van der Waals surface area (Å²) in [6, 6.07) is 12.9. The largest absolute Gasteiger partial charge is 0.494 e. The van der Waals surface area contributed by atoms with Crippen LogP contribution in [-0.4, -0.2) is 40.5 Å². The fraction of sp³-hybridized carbons (Fsp3) is 0.440. The number of hydrogen-bond acceptors (Lipinski definition) is 8. The summed E-state index contributed by atoms with van der Waals surface area (Å²) in [7, 11) is 0. The zero-order valence-electron chi connectivity index (χ0n) is 19.4. The van der Waals surface area contributed by atoms with Gasteiger partial charge in [-0.2, -0.15) is 5.10 Å². The van der Waals surface area contributed by atoms with Crippen molar-refractivity contribution in [3.05, 3.63) is 64.6 Å². The molecule has 34 heavy (non-hydrogen) atoms. The molecule has 180 valence electrons. The third kappa shape index (κ3) is 5.05. The molecule has 3 aliphatic heterocycles. The number of thiophene rings is 1. The van der Waals surface area contributed by atoms with Gasteiger partial charge in [-0.25, -0.2) is 5.43 Å². The van der Waals surface area contributed by atoms with Crippen molar-refractivity contribution in [2.75, 3.05) is 6.61 Å². The monoisotopic (exact) mass is 480 g/mol. The minimum atomic E-state index is 0.0480. The summed E-state index contributed by atoms with van der Waals surface area (Å²) in [4.78, 5) is 15.6. The van der Waals surface area contributed by atoms with Crippen LogP contribution in [0.25, 0.3) is 0 Å². The first-order valence-corrected chi connectivity index (χ1v) is 12.9. The topological polar surface area (TPSA) is 81.2 Å². The van der Waals surface area contributed by atoms with E-state index < -0.39 is 0 Å². The van der Waals surface area contributed by atoms with Gasteiger partial charge in [0.05, 0.1) is 25.2 Å². The number of fused-ring (bicyclic) bond motifs is 3. The van der Waals surface area contributed by atoms with E-state index in [9.17, 15) is 4.79 Å². The fourth-order valence-electron chi connectivity index (χ4n) is 4.57. The number of nitrogens with zero attached hydrogens (tertiary/aromatic N) is 3. The van der Waals surface area contributed by atoms with Gasteiger partial charge in [-0.1, -0.05) is 31.5 Å². The molecule has 0 saturated carbocycles. The number of rotatable bonds is 10. The van der Waals surface area contributed by atoms with Gasteiger partial charge in [0.25, 0.3) is 0 Å². The van der Waals surface area contributed by atoms with Gasteiger partial charge in [0, 0.05) is 30.1 Å². The number of hydrazone groups is 1. The molecular weight excluding hydrogens is 448 g/mol. The van der Waals surface area contributed by atoms with Crippen LogP contribution in [0.5, 0.6) is 5.75 Å². The molecule has 1 amide bonds. The molecule has 3 aliphatic rings. The summed E-state index contributed by atoms with van der Waals surface area (Å²) in [6.45, 7) is 3.52. The number of benzene rings is 1. The molecule has 5 rings (SSSR count). The number of carbonyl (C=O) groups excluding carboxylic acids is 1. The molecule has 0 bridgehead atoms. The Hall–Kier alpha value is -3.04. The molecule has 0 aliphatic carbocycles. The summed E-state index contributed by atoms with van der Waals surface area (Å²) < 4.78 is 5.80. The molecule has 8 nitrogen and oxygen atoms in total. The number of carbonyl (C=O) groups is 1. The van der Waals surface area contributed by atoms with E-state index in [2.05, 4.69) is 68.6 Å². The summed E-state index contributed by atoms with van der Waals surface area (Å²) >= 11 is 1.65. The zero-order chi connectivity index (χ0) is 23.3. The van der Waals surface area contributed by atoms with Crippen molar-refractivity contribution in [3.63, 3.8) is 0 Å². The molecule has 3 atom stereocenters. The first kappa shape index (κ1) is 22.7. The normalized spacial score (nSPS) is 22.7. The maximum atomic E-state index is 12.3. The number of nitrogens with one attached hydrogen (secondary N) is 3. The number of ether oxygens (including phenoxy) is 1. The zero-order valence-corrected chi connectivity index (χ0v) is 20.3. The van der Waals surface area contributed by atoms with Gasteiger partial charge in [-0.15, -0.1) is 11.3 Å².